The van der Waals surface area contributed by atoms with Gasteiger partial charge in [-0.2, -0.15) is 0 Å². The van der Waals surface area contributed by atoms with Crippen LogP contribution >= 0.6 is 0 Å². The van der Waals surface area contributed by atoms with E-state index in [1.165, 1.54) is 11.1 Å². The highest BCUT2D eigenvalue weighted by molar-refractivity contribution is 5.84. The molecule has 0 saturated carbocycles. The van der Waals surface area contributed by atoms with Crippen molar-refractivity contribution in [2.45, 2.75) is 25.9 Å². The molecule has 1 aliphatic heterocycles. The molecule has 1 aromatic carbocycles. The fourth-order valence-corrected chi connectivity index (χ4v) is 2.83. The van der Waals surface area contributed by atoms with Crippen molar-refractivity contribution in [3.8, 4) is 0 Å². The Bertz CT molecular complexity index is 662. The van der Waals surface area contributed by atoms with Crippen LogP contribution in [0.3, 0.4) is 0 Å². The van der Waals surface area contributed by atoms with Crippen molar-refractivity contribution in [2.24, 2.45) is 7.05 Å². The summed E-state index contributed by atoms with van der Waals surface area (Å²) in [5, 5.41) is 6.33. The third-order valence-corrected chi connectivity index (χ3v) is 4.13. The molecule has 1 amide bonds. The average Bonchev–Trinajstić information content (AvgIpc) is 2.90. The maximum absolute atomic E-state index is 12.5. The van der Waals surface area contributed by atoms with Crippen LogP contribution in [0.4, 0.5) is 0 Å². The van der Waals surface area contributed by atoms with E-state index < -0.39 is 0 Å². The van der Waals surface area contributed by atoms with Gasteiger partial charge in [0.2, 0.25) is 5.91 Å². The first-order valence-corrected chi connectivity index (χ1v) is 7.20. The number of carbonyl (C=O) groups excluding carboxylic acids is 1. The molecule has 110 valence electrons. The summed E-state index contributed by atoms with van der Waals surface area (Å²) in [5.41, 5.74) is 3.63. The Balaban J connectivity index is 1.75. The second-order valence-corrected chi connectivity index (χ2v) is 5.50. The van der Waals surface area contributed by atoms with Gasteiger partial charge in [0.15, 0.2) is 0 Å². The molecule has 3 rings (SSSR count). The first-order valence-electron chi connectivity index (χ1n) is 7.20. The molecule has 0 aliphatic carbocycles. The third kappa shape index (κ3) is 2.69. The minimum Gasteiger partial charge on any atom is -0.348 e. The number of benzene rings is 1. The van der Waals surface area contributed by atoms with Gasteiger partial charge in [0, 0.05) is 32.5 Å². The van der Waals surface area contributed by atoms with Crippen molar-refractivity contribution in [2.75, 3.05) is 6.54 Å². The largest absolute Gasteiger partial charge is 0.348 e. The van der Waals surface area contributed by atoms with E-state index in [-0.39, 0.29) is 11.8 Å². The Morgan fingerprint density at radius 2 is 2.38 bits per heavy atom. The normalized spacial score (nSPS) is 17.3. The topological polar surface area (TPSA) is 59.0 Å². The molecule has 1 unspecified atom stereocenters. The van der Waals surface area contributed by atoms with Gasteiger partial charge in [-0.1, -0.05) is 18.2 Å². The molecule has 5 nitrogen and oxygen atoms in total. The second kappa shape index (κ2) is 5.69. The molecule has 0 fully saturated rings. The highest BCUT2D eigenvalue weighted by Gasteiger charge is 2.26. The molecular weight excluding hydrogens is 264 g/mol. The molecule has 2 N–H and O–H groups in total. The summed E-state index contributed by atoms with van der Waals surface area (Å²) >= 11 is 0. The molecule has 0 bridgehead atoms. The van der Waals surface area contributed by atoms with Crippen molar-refractivity contribution in [3.63, 3.8) is 0 Å². The summed E-state index contributed by atoms with van der Waals surface area (Å²) in [5.74, 6) is 0.780. The molecule has 1 aliphatic rings. The Morgan fingerprint density at radius 1 is 1.52 bits per heavy atom. The minimum atomic E-state index is -0.131. The smallest absolute Gasteiger partial charge is 0.229 e. The van der Waals surface area contributed by atoms with Gasteiger partial charge in [-0.3, -0.25) is 4.79 Å². The number of fused-ring (bicyclic) bond motifs is 1. The van der Waals surface area contributed by atoms with Crippen LogP contribution in [-0.2, 0) is 24.9 Å². The Morgan fingerprint density at radius 3 is 3.14 bits per heavy atom. The number of aryl methyl sites for hydroxylation is 2. The van der Waals surface area contributed by atoms with Gasteiger partial charge in [0.25, 0.3) is 0 Å². The zero-order valence-electron chi connectivity index (χ0n) is 12.4. The maximum Gasteiger partial charge on any atom is 0.229 e. The molecule has 2 heterocycles. The van der Waals surface area contributed by atoms with Crippen molar-refractivity contribution in [1.29, 1.82) is 0 Å². The van der Waals surface area contributed by atoms with Gasteiger partial charge in [0.1, 0.15) is 5.82 Å². The number of carbonyl (C=O) groups is 1. The first kappa shape index (κ1) is 13.8. The summed E-state index contributed by atoms with van der Waals surface area (Å²) < 4.78 is 1.91. The highest BCUT2D eigenvalue weighted by Crippen LogP contribution is 2.26. The lowest BCUT2D eigenvalue weighted by Crippen LogP contribution is -2.39. The van der Waals surface area contributed by atoms with Crippen LogP contribution in [0.5, 0.6) is 0 Å². The molecular formula is C16H20N4O. The zero-order chi connectivity index (χ0) is 14.8. The number of hydrogen-bond acceptors (Lipinski definition) is 3. The lowest BCUT2D eigenvalue weighted by molar-refractivity contribution is -0.122. The molecule has 2 aromatic rings. The Kier molecular flexibility index (Phi) is 3.75. The Hall–Kier alpha value is -2.14. The van der Waals surface area contributed by atoms with Crippen LogP contribution in [0.15, 0.2) is 30.6 Å². The first-order chi connectivity index (χ1) is 10.2. The number of nitrogens with one attached hydrogen (secondary N) is 2. The van der Waals surface area contributed by atoms with E-state index in [2.05, 4.69) is 34.7 Å². The van der Waals surface area contributed by atoms with E-state index in [1.54, 1.807) is 6.20 Å². The SMILES string of the molecule is Cc1cccc2c1CNCC2C(=O)NCc1nccn1C. The van der Waals surface area contributed by atoms with Crippen LogP contribution in [0.2, 0.25) is 0 Å². The lowest BCUT2D eigenvalue weighted by Gasteiger charge is -2.26. The number of amides is 1. The quantitative estimate of drug-likeness (QED) is 0.891. The third-order valence-electron chi connectivity index (χ3n) is 4.13. The van der Waals surface area contributed by atoms with Gasteiger partial charge < -0.3 is 15.2 Å². The van der Waals surface area contributed by atoms with Gasteiger partial charge in [-0.15, -0.1) is 0 Å². The second-order valence-electron chi connectivity index (χ2n) is 5.50. The van der Waals surface area contributed by atoms with E-state index in [4.69, 9.17) is 0 Å². The van der Waals surface area contributed by atoms with Crippen molar-refractivity contribution < 1.29 is 4.79 Å². The van der Waals surface area contributed by atoms with E-state index in [0.717, 1.165) is 17.9 Å². The van der Waals surface area contributed by atoms with Gasteiger partial charge in [0.05, 0.1) is 12.5 Å². The standard InChI is InChI=1S/C16H20N4O/c1-11-4-3-5-12-13(11)8-17-9-14(12)16(21)19-10-15-18-6-7-20(15)2/h3-7,14,17H,8-10H2,1-2H3,(H,19,21). The van der Waals surface area contributed by atoms with Crippen molar-refractivity contribution in [1.82, 2.24) is 20.2 Å². The molecule has 5 heteroatoms. The predicted molar refractivity (Wildman–Crippen MR) is 80.7 cm³/mol. The zero-order valence-corrected chi connectivity index (χ0v) is 12.4. The van der Waals surface area contributed by atoms with Gasteiger partial charge >= 0.3 is 0 Å². The van der Waals surface area contributed by atoms with Crippen molar-refractivity contribution in [3.05, 3.63) is 53.1 Å². The number of imidazole rings is 1. The number of hydrogen-bond donors (Lipinski definition) is 2. The predicted octanol–water partition coefficient (Wildman–Crippen LogP) is 1.23. The molecule has 21 heavy (non-hydrogen) atoms. The molecule has 0 spiro atoms. The number of aromatic nitrogens is 2. The fourth-order valence-electron chi connectivity index (χ4n) is 2.83. The number of nitrogens with zero attached hydrogens (tertiary/aromatic N) is 2. The molecule has 1 aromatic heterocycles. The Labute approximate surface area is 124 Å². The maximum atomic E-state index is 12.5. The van der Waals surface area contributed by atoms with E-state index in [1.807, 2.05) is 23.9 Å². The summed E-state index contributed by atoms with van der Waals surface area (Å²) in [6.45, 7) is 4.07. The summed E-state index contributed by atoms with van der Waals surface area (Å²) in [6, 6.07) is 6.18. The summed E-state index contributed by atoms with van der Waals surface area (Å²) in [4.78, 5) is 16.7. The van der Waals surface area contributed by atoms with E-state index in [0.29, 0.717) is 13.1 Å². The lowest BCUT2D eigenvalue weighted by atomic mass is 9.88. The van der Waals surface area contributed by atoms with Gasteiger partial charge in [-0.05, 0) is 23.6 Å². The van der Waals surface area contributed by atoms with Gasteiger partial charge in [-0.25, -0.2) is 4.98 Å². The molecule has 0 radical (unpaired) electrons. The van der Waals surface area contributed by atoms with Crippen LogP contribution in [0, 0.1) is 6.92 Å². The minimum absolute atomic E-state index is 0.0528. The van der Waals surface area contributed by atoms with Crippen LogP contribution in [-0.4, -0.2) is 22.0 Å². The fraction of sp³-hybridized carbons (Fsp3) is 0.375. The van der Waals surface area contributed by atoms with E-state index in [9.17, 15) is 4.79 Å². The number of rotatable bonds is 3. The highest BCUT2D eigenvalue weighted by atomic mass is 16.1. The molecule has 1 atom stereocenters. The summed E-state index contributed by atoms with van der Waals surface area (Å²) in [7, 11) is 1.93. The van der Waals surface area contributed by atoms with E-state index >= 15 is 0 Å². The molecule has 0 saturated heterocycles. The van der Waals surface area contributed by atoms with Crippen molar-refractivity contribution >= 4 is 5.91 Å². The average molecular weight is 284 g/mol. The monoisotopic (exact) mass is 284 g/mol. The van der Waals surface area contributed by atoms with Crippen LogP contribution in [0.25, 0.3) is 0 Å². The van der Waals surface area contributed by atoms with Crippen LogP contribution in [0.1, 0.15) is 28.4 Å². The summed E-state index contributed by atoms with van der Waals surface area (Å²) in [6.07, 6.45) is 3.62. The van der Waals surface area contributed by atoms with Crippen LogP contribution < -0.4 is 10.6 Å².